The second kappa shape index (κ2) is 9.52. The Morgan fingerprint density at radius 1 is 1.34 bits per heavy atom. The number of nitriles is 1. The van der Waals surface area contributed by atoms with Crippen LogP contribution in [0.3, 0.4) is 0 Å². The molecule has 1 aliphatic rings. The van der Waals surface area contributed by atoms with Gasteiger partial charge in [0, 0.05) is 21.9 Å². The van der Waals surface area contributed by atoms with Crippen LogP contribution in [0, 0.1) is 11.3 Å². The fourth-order valence-corrected chi connectivity index (χ4v) is 6.08. The lowest BCUT2D eigenvalue weighted by Crippen LogP contribution is -2.12. The van der Waals surface area contributed by atoms with E-state index in [4.69, 9.17) is 0 Å². The fourth-order valence-electron chi connectivity index (χ4n) is 3.32. The lowest BCUT2D eigenvalue weighted by molar-refractivity contribution is -0.115. The zero-order valence-corrected chi connectivity index (χ0v) is 18.2. The van der Waals surface area contributed by atoms with Crippen LogP contribution in [0.15, 0.2) is 22.7 Å². The summed E-state index contributed by atoms with van der Waals surface area (Å²) in [5, 5.41) is 27.8. The zero-order valence-electron chi connectivity index (χ0n) is 15.8. The summed E-state index contributed by atoms with van der Waals surface area (Å²) in [5.74, 6) is 0.492. The van der Waals surface area contributed by atoms with Gasteiger partial charge in [-0.05, 0) is 53.1 Å². The standard InChI is InChI=1S/C19H20N6OS3/c20-11-15-14-6-2-1-3-7-16(14)29-18(15)21-17(26)8-10-28-19-22-23-24-25(19)12-13-5-4-9-27-13/h4-5,9H,1-3,6-8,10,12H2,(H,21,26). The van der Waals surface area contributed by atoms with E-state index < -0.39 is 0 Å². The highest BCUT2D eigenvalue weighted by molar-refractivity contribution is 7.99. The Morgan fingerprint density at radius 3 is 3.07 bits per heavy atom. The van der Waals surface area contributed by atoms with Crippen LogP contribution in [-0.4, -0.2) is 31.9 Å². The number of hydrogen-bond acceptors (Lipinski definition) is 8. The average molecular weight is 445 g/mol. The van der Waals surface area contributed by atoms with E-state index in [1.54, 1.807) is 27.4 Å². The molecule has 150 valence electrons. The van der Waals surface area contributed by atoms with Gasteiger partial charge in [-0.15, -0.1) is 27.8 Å². The molecule has 0 atom stereocenters. The summed E-state index contributed by atoms with van der Waals surface area (Å²) in [6, 6.07) is 6.35. The summed E-state index contributed by atoms with van der Waals surface area (Å²) < 4.78 is 1.75. The molecule has 0 bridgehead atoms. The predicted molar refractivity (Wildman–Crippen MR) is 116 cm³/mol. The molecule has 1 aliphatic carbocycles. The second-order valence-electron chi connectivity index (χ2n) is 6.73. The van der Waals surface area contributed by atoms with Crippen molar-refractivity contribution in [3.05, 3.63) is 38.4 Å². The Bertz CT molecular complexity index is 1020. The molecule has 0 aliphatic heterocycles. The number of amides is 1. The molecule has 1 N–H and O–H groups in total. The van der Waals surface area contributed by atoms with E-state index in [2.05, 4.69) is 26.9 Å². The summed E-state index contributed by atoms with van der Waals surface area (Å²) in [6.45, 7) is 0.630. The average Bonchev–Trinajstić information content (AvgIpc) is 3.41. The van der Waals surface area contributed by atoms with Gasteiger partial charge in [-0.25, -0.2) is 4.68 Å². The number of fused-ring (bicyclic) bond motifs is 1. The molecule has 29 heavy (non-hydrogen) atoms. The first-order chi connectivity index (χ1) is 14.2. The molecule has 3 aromatic heterocycles. The maximum absolute atomic E-state index is 12.4. The summed E-state index contributed by atoms with van der Waals surface area (Å²) >= 11 is 4.69. The van der Waals surface area contributed by atoms with Crippen molar-refractivity contribution in [1.29, 1.82) is 5.26 Å². The van der Waals surface area contributed by atoms with Crippen molar-refractivity contribution in [3.8, 4) is 6.07 Å². The van der Waals surface area contributed by atoms with Gasteiger partial charge in [0.1, 0.15) is 11.1 Å². The van der Waals surface area contributed by atoms with Gasteiger partial charge < -0.3 is 5.32 Å². The molecule has 0 unspecified atom stereocenters. The molecule has 0 saturated heterocycles. The van der Waals surface area contributed by atoms with Crippen molar-refractivity contribution < 1.29 is 4.79 Å². The molecule has 3 heterocycles. The molecule has 0 spiro atoms. The number of thioether (sulfide) groups is 1. The van der Waals surface area contributed by atoms with Crippen LogP contribution < -0.4 is 5.32 Å². The molecule has 0 fully saturated rings. The molecule has 1 amide bonds. The summed E-state index contributed by atoms with van der Waals surface area (Å²) in [7, 11) is 0. The third-order valence-corrected chi connectivity index (χ3v) is 7.76. The third-order valence-electron chi connectivity index (χ3n) is 4.73. The Balaban J connectivity index is 1.32. The van der Waals surface area contributed by atoms with Crippen molar-refractivity contribution in [2.45, 2.75) is 50.2 Å². The molecule has 4 rings (SSSR count). The number of aryl methyl sites for hydroxylation is 1. The van der Waals surface area contributed by atoms with E-state index in [1.807, 2.05) is 17.5 Å². The molecule has 3 aromatic rings. The molecule has 0 radical (unpaired) electrons. The predicted octanol–water partition coefficient (Wildman–Crippen LogP) is 4.11. The van der Waals surface area contributed by atoms with Crippen LogP contribution in [0.25, 0.3) is 0 Å². The zero-order chi connectivity index (χ0) is 20.1. The van der Waals surface area contributed by atoms with Crippen LogP contribution in [-0.2, 0) is 24.2 Å². The number of thiophene rings is 2. The monoisotopic (exact) mass is 444 g/mol. The minimum absolute atomic E-state index is 0.0808. The van der Waals surface area contributed by atoms with E-state index in [-0.39, 0.29) is 5.91 Å². The number of carbonyl (C=O) groups is 1. The molecule has 10 heteroatoms. The smallest absolute Gasteiger partial charge is 0.225 e. The maximum atomic E-state index is 12.4. The number of hydrogen-bond donors (Lipinski definition) is 1. The molecule has 0 saturated carbocycles. The number of nitrogens with one attached hydrogen (secondary N) is 1. The normalized spacial score (nSPS) is 13.5. The Morgan fingerprint density at radius 2 is 2.24 bits per heavy atom. The van der Waals surface area contributed by atoms with Crippen molar-refractivity contribution in [1.82, 2.24) is 20.2 Å². The Kier molecular flexibility index (Phi) is 6.59. The van der Waals surface area contributed by atoms with Crippen LogP contribution in [0.2, 0.25) is 0 Å². The molecule has 7 nitrogen and oxygen atoms in total. The number of nitrogens with zero attached hydrogens (tertiary/aromatic N) is 5. The number of carbonyl (C=O) groups excluding carboxylic acids is 1. The number of aromatic nitrogens is 4. The van der Waals surface area contributed by atoms with E-state index in [9.17, 15) is 10.1 Å². The van der Waals surface area contributed by atoms with Crippen molar-refractivity contribution in [2.24, 2.45) is 0 Å². The summed E-state index contributed by atoms with van der Waals surface area (Å²) in [6.07, 6.45) is 5.76. The van der Waals surface area contributed by atoms with Crippen LogP contribution in [0.4, 0.5) is 5.00 Å². The molecular formula is C19H20N6OS3. The van der Waals surface area contributed by atoms with Gasteiger partial charge >= 0.3 is 0 Å². The highest BCUT2D eigenvalue weighted by Crippen LogP contribution is 2.37. The Hall–Kier alpha value is -2.22. The fraction of sp³-hybridized carbons (Fsp3) is 0.421. The Labute approximate surface area is 181 Å². The van der Waals surface area contributed by atoms with Gasteiger partial charge in [-0.3, -0.25) is 4.79 Å². The minimum atomic E-state index is -0.0808. The quantitative estimate of drug-likeness (QED) is 0.435. The lowest BCUT2D eigenvalue weighted by atomic mass is 10.1. The van der Waals surface area contributed by atoms with Crippen molar-refractivity contribution >= 4 is 45.3 Å². The lowest BCUT2D eigenvalue weighted by Gasteiger charge is -2.05. The first-order valence-electron chi connectivity index (χ1n) is 9.50. The van der Waals surface area contributed by atoms with E-state index in [1.165, 1.54) is 27.9 Å². The van der Waals surface area contributed by atoms with Gasteiger partial charge in [0.05, 0.1) is 12.1 Å². The van der Waals surface area contributed by atoms with E-state index in [0.717, 1.165) is 31.2 Å². The number of tetrazole rings is 1. The molecular weight excluding hydrogens is 424 g/mol. The van der Waals surface area contributed by atoms with Crippen LogP contribution in [0.1, 0.15) is 46.6 Å². The third kappa shape index (κ3) is 4.86. The maximum Gasteiger partial charge on any atom is 0.225 e. The van der Waals surface area contributed by atoms with Gasteiger partial charge in [0.2, 0.25) is 11.1 Å². The van der Waals surface area contributed by atoms with Gasteiger partial charge in [0.15, 0.2) is 0 Å². The number of anilines is 1. The van der Waals surface area contributed by atoms with E-state index >= 15 is 0 Å². The topological polar surface area (TPSA) is 96.5 Å². The van der Waals surface area contributed by atoms with Crippen molar-refractivity contribution in [3.63, 3.8) is 0 Å². The van der Waals surface area contributed by atoms with Crippen molar-refractivity contribution in [2.75, 3.05) is 11.1 Å². The molecule has 0 aromatic carbocycles. The summed E-state index contributed by atoms with van der Waals surface area (Å²) in [5.41, 5.74) is 1.81. The highest BCUT2D eigenvalue weighted by atomic mass is 32.2. The van der Waals surface area contributed by atoms with Crippen LogP contribution >= 0.6 is 34.4 Å². The second-order valence-corrected chi connectivity index (χ2v) is 9.92. The van der Waals surface area contributed by atoms with Gasteiger partial charge in [-0.1, -0.05) is 24.2 Å². The highest BCUT2D eigenvalue weighted by Gasteiger charge is 2.21. The first kappa shape index (κ1) is 20.1. The minimum Gasteiger partial charge on any atom is -0.317 e. The van der Waals surface area contributed by atoms with E-state index in [0.29, 0.717) is 34.4 Å². The van der Waals surface area contributed by atoms with Gasteiger partial charge in [0.25, 0.3) is 0 Å². The van der Waals surface area contributed by atoms with Gasteiger partial charge in [-0.2, -0.15) is 5.26 Å². The van der Waals surface area contributed by atoms with Crippen LogP contribution in [0.5, 0.6) is 0 Å². The first-order valence-corrected chi connectivity index (χ1v) is 12.2. The SMILES string of the molecule is N#Cc1c(NC(=O)CCSc2nnnn2Cc2cccs2)sc2c1CCCCC2. The number of rotatable bonds is 7. The largest absolute Gasteiger partial charge is 0.317 e. The summed E-state index contributed by atoms with van der Waals surface area (Å²) in [4.78, 5) is 14.9.